The van der Waals surface area contributed by atoms with E-state index in [4.69, 9.17) is 4.74 Å². The van der Waals surface area contributed by atoms with Gasteiger partial charge in [-0.3, -0.25) is 0 Å². The standard InChI is InChI=1S/C52H43F2NO/c1-50(2)43-23-12-31-10-6-7-11-37(31)46(43)39-20-15-33(28-44(39)50)52(32-13-18-36(19-14-32)55-26-8-5-9-27-55)25-24-41-48-47(38-21-16-34(53)29-42(38)49(41)56-52)40-22-17-35(54)30-45(40)51(48,3)4/h6-7,10-25,28-30H,5,8-9,26-27H2,1-4H3. The summed E-state index contributed by atoms with van der Waals surface area (Å²) in [5, 5.41) is 4.12. The second kappa shape index (κ2) is 11.6. The minimum absolute atomic E-state index is 0.248. The number of ether oxygens (including phenoxy) is 1. The summed E-state index contributed by atoms with van der Waals surface area (Å²) < 4.78 is 38.0. The van der Waals surface area contributed by atoms with Crippen LogP contribution in [0.1, 0.15) is 85.9 Å². The molecule has 7 aromatic carbocycles. The number of benzene rings is 7. The zero-order valence-corrected chi connectivity index (χ0v) is 32.3. The Bertz CT molecular complexity index is 2840. The van der Waals surface area contributed by atoms with E-state index in [-0.39, 0.29) is 17.0 Å². The molecule has 2 heterocycles. The van der Waals surface area contributed by atoms with Crippen LogP contribution in [-0.2, 0) is 16.4 Å². The van der Waals surface area contributed by atoms with Gasteiger partial charge in [-0.25, -0.2) is 8.78 Å². The first-order valence-electron chi connectivity index (χ1n) is 20.1. The van der Waals surface area contributed by atoms with Crippen molar-refractivity contribution in [2.45, 2.75) is 63.4 Å². The van der Waals surface area contributed by atoms with E-state index in [9.17, 15) is 4.39 Å². The Balaban J connectivity index is 1.15. The van der Waals surface area contributed by atoms with Crippen LogP contribution in [0.15, 0.2) is 121 Å². The van der Waals surface area contributed by atoms with Gasteiger partial charge in [-0.15, -0.1) is 0 Å². The monoisotopic (exact) mass is 735 g/mol. The summed E-state index contributed by atoms with van der Waals surface area (Å²) in [4.78, 5) is 2.48. The zero-order valence-electron chi connectivity index (χ0n) is 32.3. The third-order valence-electron chi connectivity index (χ3n) is 13.6. The van der Waals surface area contributed by atoms with Crippen molar-refractivity contribution in [3.63, 3.8) is 0 Å². The van der Waals surface area contributed by atoms with Gasteiger partial charge in [-0.05, 0) is 128 Å². The molecule has 0 radical (unpaired) electrons. The second-order valence-corrected chi connectivity index (χ2v) is 17.4. The molecule has 56 heavy (non-hydrogen) atoms. The van der Waals surface area contributed by atoms with Crippen LogP contribution >= 0.6 is 0 Å². The van der Waals surface area contributed by atoms with Crippen molar-refractivity contribution in [2.24, 2.45) is 0 Å². The smallest absolute Gasteiger partial charge is 0.178 e. The summed E-state index contributed by atoms with van der Waals surface area (Å²) in [5.74, 6) is 0.0636. The number of anilines is 1. The van der Waals surface area contributed by atoms with E-state index < -0.39 is 11.0 Å². The molecule has 0 spiro atoms. The highest BCUT2D eigenvalue weighted by molar-refractivity contribution is 6.08. The van der Waals surface area contributed by atoms with Gasteiger partial charge < -0.3 is 9.64 Å². The quantitative estimate of drug-likeness (QED) is 0.179. The SMILES string of the molecule is CC1(C)c2cc(C3(c4ccc(N5CCCCC5)cc4)C=Cc4c5c(c6ccc(F)cc6c4O3)-c3ccc(F)cc3C5(C)C)ccc2-c2c1ccc1ccccc21. The molecule has 2 nitrogen and oxygen atoms in total. The number of halogens is 2. The molecule has 0 bridgehead atoms. The van der Waals surface area contributed by atoms with Gasteiger partial charge in [0.15, 0.2) is 5.60 Å². The molecule has 1 atom stereocenters. The van der Waals surface area contributed by atoms with E-state index >= 15 is 4.39 Å². The van der Waals surface area contributed by atoms with E-state index in [1.165, 1.54) is 70.1 Å². The molecule has 7 aromatic rings. The largest absolute Gasteiger partial charge is 0.472 e. The highest BCUT2D eigenvalue weighted by atomic mass is 19.1. The van der Waals surface area contributed by atoms with Crippen LogP contribution in [0.4, 0.5) is 14.5 Å². The second-order valence-electron chi connectivity index (χ2n) is 17.4. The van der Waals surface area contributed by atoms with Crippen LogP contribution in [0.5, 0.6) is 5.75 Å². The summed E-state index contributed by atoms with van der Waals surface area (Å²) in [6, 6.07) is 39.1. The molecule has 0 saturated carbocycles. The maximum Gasteiger partial charge on any atom is 0.178 e. The van der Waals surface area contributed by atoms with Crippen LogP contribution in [-0.4, -0.2) is 13.1 Å². The molecule has 276 valence electrons. The number of fused-ring (bicyclic) bond motifs is 13. The van der Waals surface area contributed by atoms with Crippen molar-refractivity contribution in [1.29, 1.82) is 0 Å². The number of hydrogen-bond acceptors (Lipinski definition) is 2. The maximum absolute atomic E-state index is 15.5. The van der Waals surface area contributed by atoms with E-state index in [1.54, 1.807) is 12.1 Å². The summed E-state index contributed by atoms with van der Waals surface area (Å²) in [7, 11) is 0. The molecule has 1 unspecified atom stereocenters. The van der Waals surface area contributed by atoms with Gasteiger partial charge >= 0.3 is 0 Å². The topological polar surface area (TPSA) is 12.5 Å². The molecular weight excluding hydrogens is 693 g/mol. The normalized spacial score (nSPS) is 19.6. The van der Waals surface area contributed by atoms with Gasteiger partial charge in [0, 0.05) is 51.7 Å². The highest BCUT2D eigenvalue weighted by Crippen LogP contribution is 2.59. The summed E-state index contributed by atoms with van der Waals surface area (Å²) in [6.45, 7) is 11.1. The Labute approximate surface area is 327 Å². The third-order valence-corrected chi connectivity index (χ3v) is 13.6. The predicted molar refractivity (Wildman–Crippen MR) is 226 cm³/mol. The fraction of sp³-hybridized carbons (Fsp3) is 0.231. The van der Waals surface area contributed by atoms with Crippen LogP contribution in [0.2, 0.25) is 0 Å². The Morgan fingerprint density at radius 1 is 0.571 bits per heavy atom. The first-order valence-corrected chi connectivity index (χ1v) is 20.1. The van der Waals surface area contributed by atoms with Crippen molar-refractivity contribution in [1.82, 2.24) is 0 Å². The predicted octanol–water partition coefficient (Wildman–Crippen LogP) is 13.2. The molecule has 0 amide bonds. The molecule has 11 rings (SSSR count). The van der Waals surface area contributed by atoms with Gasteiger partial charge in [0.25, 0.3) is 0 Å². The highest BCUT2D eigenvalue weighted by Gasteiger charge is 2.46. The van der Waals surface area contributed by atoms with E-state index in [0.29, 0.717) is 11.1 Å². The lowest BCUT2D eigenvalue weighted by molar-refractivity contribution is 0.163. The fourth-order valence-corrected chi connectivity index (χ4v) is 10.7. The summed E-state index contributed by atoms with van der Waals surface area (Å²) in [6.07, 6.45) is 8.10. The number of rotatable bonds is 3. The van der Waals surface area contributed by atoms with Crippen molar-refractivity contribution in [3.8, 4) is 28.0 Å². The average molecular weight is 736 g/mol. The van der Waals surface area contributed by atoms with Crippen LogP contribution < -0.4 is 9.64 Å². The summed E-state index contributed by atoms with van der Waals surface area (Å²) >= 11 is 0. The average Bonchev–Trinajstić information content (AvgIpc) is 3.60. The van der Waals surface area contributed by atoms with Gasteiger partial charge in [0.2, 0.25) is 0 Å². The maximum atomic E-state index is 15.5. The Kier molecular flexibility index (Phi) is 6.98. The molecule has 4 heteroatoms. The van der Waals surface area contributed by atoms with E-state index in [1.807, 2.05) is 12.1 Å². The van der Waals surface area contributed by atoms with Crippen molar-refractivity contribution >= 4 is 33.3 Å². The Morgan fingerprint density at radius 2 is 1.27 bits per heavy atom. The first-order chi connectivity index (χ1) is 27.1. The lowest BCUT2D eigenvalue weighted by atomic mass is 9.75. The van der Waals surface area contributed by atoms with Gasteiger partial charge in [0.1, 0.15) is 17.4 Å². The van der Waals surface area contributed by atoms with Gasteiger partial charge in [0.05, 0.1) is 0 Å². The number of piperidine rings is 1. The molecular formula is C52H43F2NO. The molecule has 0 N–H and O–H groups in total. The van der Waals surface area contributed by atoms with Crippen molar-refractivity contribution < 1.29 is 13.5 Å². The number of nitrogens with zero attached hydrogens (tertiary/aromatic N) is 1. The molecule has 1 fully saturated rings. The van der Waals surface area contributed by atoms with Gasteiger partial charge in [-0.1, -0.05) is 107 Å². The lowest BCUT2D eigenvalue weighted by Crippen LogP contribution is -2.35. The van der Waals surface area contributed by atoms with Crippen LogP contribution in [0, 0.1) is 11.6 Å². The first kappa shape index (κ1) is 33.6. The van der Waals surface area contributed by atoms with E-state index in [2.05, 4.69) is 124 Å². The van der Waals surface area contributed by atoms with Crippen molar-refractivity contribution in [2.75, 3.05) is 18.0 Å². The molecule has 2 aliphatic heterocycles. The van der Waals surface area contributed by atoms with Gasteiger partial charge in [-0.2, -0.15) is 0 Å². The molecule has 0 aromatic heterocycles. The molecule has 1 saturated heterocycles. The summed E-state index contributed by atoms with van der Waals surface area (Å²) in [5.41, 5.74) is 11.5. The van der Waals surface area contributed by atoms with Crippen LogP contribution in [0.3, 0.4) is 0 Å². The van der Waals surface area contributed by atoms with Crippen LogP contribution in [0.25, 0.3) is 49.9 Å². The minimum atomic E-state index is -1.02. The van der Waals surface area contributed by atoms with Crippen molar-refractivity contribution in [3.05, 3.63) is 172 Å². The Morgan fingerprint density at radius 3 is 2.09 bits per heavy atom. The Hall–Kier alpha value is -5.74. The third kappa shape index (κ3) is 4.53. The fourth-order valence-electron chi connectivity index (χ4n) is 10.7. The molecule has 2 aliphatic carbocycles. The minimum Gasteiger partial charge on any atom is -0.472 e. The lowest BCUT2D eigenvalue weighted by Gasteiger charge is -2.39. The van der Waals surface area contributed by atoms with E-state index in [0.717, 1.165) is 57.4 Å². The zero-order chi connectivity index (χ0) is 38.1. The number of hydrogen-bond donors (Lipinski definition) is 0. The molecule has 4 aliphatic rings.